The minimum absolute atomic E-state index is 0.0776. The molecule has 0 aliphatic heterocycles. The van der Waals surface area contributed by atoms with Crippen LogP contribution in [0.15, 0.2) is 16.6 Å². The SMILES string of the molecule is COc1cc(OC)c(CC(=O)O)cc1Br. The molecule has 1 N–H and O–H groups in total. The summed E-state index contributed by atoms with van der Waals surface area (Å²) in [6, 6.07) is 3.34. The Morgan fingerprint density at radius 3 is 2.40 bits per heavy atom. The predicted octanol–water partition coefficient (Wildman–Crippen LogP) is 2.09. The lowest BCUT2D eigenvalue weighted by molar-refractivity contribution is -0.136. The second-order valence-electron chi connectivity index (χ2n) is 2.87. The molecule has 4 nitrogen and oxygen atoms in total. The number of carboxylic acids is 1. The molecule has 0 unspecified atom stereocenters. The summed E-state index contributed by atoms with van der Waals surface area (Å²) in [4.78, 5) is 10.6. The first-order valence-electron chi connectivity index (χ1n) is 4.20. The van der Waals surface area contributed by atoms with Gasteiger partial charge in [-0.15, -0.1) is 0 Å². The van der Waals surface area contributed by atoms with E-state index in [9.17, 15) is 4.79 Å². The van der Waals surface area contributed by atoms with Gasteiger partial charge < -0.3 is 14.6 Å². The van der Waals surface area contributed by atoms with Gasteiger partial charge in [0, 0.05) is 11.6 Å². The van der Waals surface area contributed by atoms with Crippen molar-refractivity contribution in [2.45, 2.75) is 6.42 Å². The molecule has 1 rings (SSSR count). The Hall–Kier alpha value is -1.23. The van der Waals surface area contributed by atoms with E-state index in [1.807, 2.05) is 0 Å². The highest BCUT2D eigenvalue weighted by atomic mass is 79.9. The van der Waals surface area contributed by atoms with Crippen LogP contribution in [0.4, 0.5) is 0 Å². The van der Waals surface area contributed by atoms with Crippen molar-refractivity contribution in [2.75, 3.05) is 14.2 Å². The number of carboxylic acid groups (broad SMARTS) is 1. The minimum atomic E-state index is -0.898. The van der Waals surface area contributed by atoms with E-state index in [0.29, 0.717) is 21.5 Å². The lowest BCUT2D eigenvalue weighted by atomic mass is 10.1. The first-order chi connectivity index (χ1) is 7.08. The topological polar surface area (TPSA) is 55.8 Å². The number of aliphatic carboxylic acids is 1. The number of methoxy groups -OCH3 is 2. The molecule has 0 aliphatic carbocycles. The van der Waals surface area contributed by atoms with Crippen molar-refractivity contribution < 1.29 is 19.4 Å². The van der Waals surface area contributed by atoms with Crippen molar-refractivity contribution in [1.82, 2.24) is 0 Å². The van der Waals surface area contributed by atoms with E-state index in [4.69, 9.17) is 14.6 Å². The predicted molar refractivity (Wildman–Crippen MR) is 58.6 cm³/mol. The van der Waals surface area contributed by atoms with Crippen LogP contribution < -0.4 is 9.47 Å². The van der Waals surface area contributed by atoms with Gasteiger partial charge in [0.15, 0.2) is 0 Å². The molecule has 0 spiro atoms. The van der Waals surface area contributed by atoms with Gasteiger partial charge in [0.25, 0.3) is 0 Å². The van der Waals surface area contributed by atoms with Crippen LogP contribution in [-0.2, 0) is 11.2 Å². The quantitative estimate of drug-likeness (QED) is 0.914. The summed E-state index contributed by atoms with van der Waals surface area (Å²) in [6.07, 6.45) is -0.0776. The van der Waals surface area contributed by atoms with Crippen LogP contribution in [0.5, 0.6) is 11.5 Å². The molecular formula is C10H11BrO4. The second-order valence-corrected chi connectivity index (χ2v) is 3.72. The van der Waals surface area contributed by atoms with E-state index in [-0.39, 0.29) is 6.42 Å². The standard InChI is InChI=1S/C10H11BrO4/c1-14-8-5-9(15-2)7(11)3-6(8)4-10(12)13/h3,5H,4H2,1-2H3,(H,12,13). The van der Waals surface area contributed by atoms with Gasteiger partial charge in [0.05, 0.1) is 25.1 Å². The van der Waals surface area contributed by atoms with Crippen molar-refractivity contribution in [3.63, 3.8) is 0 Å². The van der Waals surface area contributed by atoms with Crippen molar-refractivity contribution >= 4 is 21.9 Å². The Balaban J connectivity index is 3.15. The average Bonchev–Trinajstić information content (AvgIpc) is 2.17. The highest BCUT2D eigenvalue weighted by Gasteiger charge is 2.11. The number of halogens is 1. The maximum Gasteiger partial charge on any atom is 0.307 e. The van der Waals surface area contributed by atoms with E-state index in [0.717, 1.165) is 0 Å². The van der Waals surface area contributed by atoms with Gasteiger partial charge in [-0.05, 0) is 22.0 Å². The molecule has 1 aromatic carbocycles. The van der Waals surface area contributed by atoms with Crippen LogP contribution in [-0.4, -0.2) is 25.3 Å². The number of rotatable bonds is 4. The van der Waals surface area contributed by atoms with Crippen molar-refractivity contribution in [1.29, 1.82) is 0 Å². The molecule has 0 aromatic heterocycles. The highest BCUT2D eigenvalue weighted by Crippen LogP contribution is 2.32. The molecule has 15 heavy (non-hydrogen) atoms. The molecule has 0 fully saturated rings. The zero-order valence-electron chi connectivity index (χ0n) is 8.41. The number of hydrogen-bond acceptors (Lipinski definition) is 3. The normalized spacial score (nSPS) is 9.80. The fourth-order valence-corrected chi connectivity index (χ4v) is 1.78. The fraction of sp³-hybridized carbons (Fsp3) is 0.300. The Labute approximate surface area is 95.9 Å². The highest BCUT2D eigenvalue weighted by molar-refractivity contribution is 9.10. The maximum absolute atomic E-state index is 10.6. The minimum Gasteiger partial charge on any atom is -0.496 e. The smallest absolute Gasteiger partial charge is 0.307 e. The number of ether oxygens (including phenoxy) is 2. The lowest BCUT2D eigenvalue weighted by Crippen LogP contribution is -2.03. The zero-order valence-corrected chi connectivity index (χ0v) is 10.00. The van der Waals surface area contributed by atoms with E-state index < -0.39 is 5.97 Å². The third kappa shape index (κ3) is 2.86. The summed E-state index contributed by atoms with van der Waals surface area (Å²) in [7, 11) is 3.03. The van der Waals surface area contributed by atoms with E-state index in [1.165, 1.54) is 14.2 Å². The summed E-state index contributed by atoms with van der Waals surface area (Å²) in [5, 5.41) is 8.70. The summed E-state index contributed by atoms with van der Waals surface area (Å²) < 4.78 is 10.9. The molecule has 0 amide bonds. The third-order valence-electron chi connectivity index (χ3n) is 1.90. The Morgan fingerprint density at radius 1 is 1.33 bits per heavy atom. The van der Waals surface area contributed by atoms with Gasteiger partial charge in [0.1, 0.15) is 11.5 Å². The summed E-state index contributed by atoms with van der Waals surface area (Å²) in [6.45, 7) is 0. The van der Waals surface area contributed by atoms with Crippen LogP contribution in [0.3, 0.4) is 0 Å². The monoisotopic (exact) mass is 274 g/mol. The molecule has 0 bridgehead atoms. The second kappa shape index (κ2) is 5.02. The first-order valence-corrected chi connectivity index (χ1v) is 5.00. The Morgan fingerprint density at radius 2 is 1.93 bits per heavy atom. The fourth-order valence-electron chi connectivity index (χ4n) is 1.22. The summed E-state index contributed by atoms with van der Waals surface area (Å²) in [5.74, 6) is 0.226. The molecule has 0 heterocycles. The van der Waals surface area contributed by atoms with Crippen LogP contribution in [0.2, 0.25) is 0 Å². The van der Waals surface area contributed by atoms with Crippen LogP contribution in [0.1, 0.15) is 5.56 Å². The summed E-state index contributed by atoms with van der Waals surface area (Å²) in [5.41, 5.74) is 0.609. The van der Waals surface area contributed by atoms with E-state index in [1.54, 1.807) is 12.1 Å². The molecule has 0 saturated carbocycles. The molecule has 82 valence electrons. The van der Waals surface area contributed by atoms with E-state index >= 15 is 0 Å². The Bertz CT molecular complexity index is 376. The van der Waals surface area contributed by atoms with Gasteiger partial charge in [-0.25, -0.2) is 0 Å². The average molecular weight is 275 g/mol. The van der Waals surface area contributed by atoms with Crippen molar-refractivity contribution in [3.8, 4) is 11.5 Å². The molecule has 0 atom stereocenters. The van der Waals surface area contributed by atoms with Gasteiger partial charge >= 0.3 is 5.97 Å². The molecule has 0 radical (unpaired) electrons. The first kappa shape index (κ1) is 11.8. The van der Waals surface area contributed by atoms with Crippen LogP contribution >= 0.6 is 15.9 Å². The molecule has 0 aliphatic rings. The maximum atomic E-state index is 10.6. The molecular weight excluding hydrogens is 264 g/mol. The Kier molecular flexibility index (Phi) is 3.96. The largest absolute Gasteiger partial charge is 0.496 e. The van der Waals surface area contributed by atoms with Gasteiger partial charge in [-0.3, -0.25) is 4.79 Å². The summed E-state index contributed by atoms with van der Waals surface area (Å²) >= 11 is 3.29. The number of benzene rings is 1. The number of carbonyl (C=O) groups is 1. The number of hydrogen-bond donors (Lipinski definition) is 1. The lowest BCUT2D eigenvalue weighted by Gasteiger charge is -2.10. The third-order valence-corrected chi connectivity index (χ3v) is 2.52. The van der Waals surface area contributed by atoms with Gasteiger partial charge in [0.2, 0.25) is 0 Å². The van der Waals surface area contributed by atoms with Gasteiger partial charge in [-0.1, -0.05) is 0 Å². The van der Waals surface area contributed by atoms with Crippen LogP contribution in [0, 0.1) is 0 Å². The van der Waals surface area contributed by atoms with Crippen LogP contribution in [0.25, 0.3) is 0 Å². The van der Waals surface area contributed by atoms with Crippen molar-refractivity contribution in [3.05, 3.63) is 22.2 Å². The zero-order chi connectivity index (χ0) is 11.4. The van der Waals surface area contributed by atoms with Gasteiger partial charge in [-0.2, -0.15) is 0 Å². The molecule has 0 saturated heterocycles. The van der Waals surface area contributed by atoms with E-state index in [2.05, 4.69) is 15.9 Å². The molecule has 5 heteroatoms. The van der Waals surface area contributed by atoms with Crippen molar-refractivity contribution in [2.24, 2.45) is 0 Å². The molecule has 1 aromatic rings.